The van der Waals surface area contributed by atoms with E-state index < -0.39 is 11.9 Å². The van der Waals surface area contributed by atoms with Gasteiger partial charge in [-0.15, -0.1) is 0 Å². The summed E-state index contributed by atoms with van der Waals surface area (Å²) in [6, 6.07) is 12.4. The zero-order valence-electron chi connectivity index (χ0n) is 20.1. The largest absolute Gasteiger partial charge is 0.497 e. The number of rotatable bonds is 8. The van der Waals surface area contributed by atoms with Crippen molar-refractivity contribution in [3.05, 3.63) is 76.6 Å². The number of halogens is 1. The Bertz CT molecular complexity index is 1060. The number of hydrogen-bond donors (Lipinski definition) is 1. The normalized spacial score (nSPS) is 15.2. The molecule has 0 fully saturated rings. The molecule has 33 heavy (non-hydrogen) atoms. The second-order valence-electron chi connectivity index (χ2n) is 9.67. The number of carbonyl (C=O) groups is 1. The first-order chi connectivity index (χ1) is 15.6. The van der Waals surface area contributed by atoms with Crippen LogP contribution >= 0.6 is 0 Å². The third kappa shape index (κ3) is 6.25. The quantitative estimate of drug-likeness (QED) is 0.484. The minimum Gasteiger partial charge on any atom is -0.497 e. The van der Waals surface area contributed by atoms with E-state index in [1.54, 1.807) is 26.2 Å². The summed E-state index contributed by atoms with van der Waals surface area (Å²) in [5.41, 5.74) is 4.65. The molecule has 0 bridgehead atoms. The van der Waals surface area contributed by atoms with Crippen molar-refractivity contribution in [1.82, 2.24) is 0 Å². The van der Waals surface area contributed by atoms with E-state index >= 15 is 0 Å². The van der Waals surface area contributed by atoms with Crippen molar-refractivity contribution in [2.24, 2.45) is 11.3 Å². The predicted octanol–water partition coefficient (Wildman–Crippen LogP) is 6.70. The van der Waals surface area contributed by atoms with Crippen molar-refractivity contribution >= 4 is 11.5 Å². The van der Waals surface area contributed by atoms with Gasteiger partial charge < -0.3 is 14.6 Å². The van der Waals surface area contributed by atoms with Gasteiger partial charge in [-0.25, -0.2) is 4.39 Å². The first-order valence-corrected chi connectivity index (χ1v) is 11.3. The standard InChI is InChI=1S/C28H33FO4/c1-18(27(30)31)14-19-6-9-21(10-7-19)33-17-20-8-12-25(28(2,3)4)23(15-20)24-16-22(32-5)11-13-26(24)29/h6-7,9-11,13,15-16,18H,8,12,14,17H2,1-5H3,(H,30,31). The minimum atomic E-state index is -0.800. The highest BCUT2D eigenvalue weighted by Crippen LogP contribution is 2.42. The Hall–Kier alpha value is -3.08. The van der Waals surface area contributed by atoms with Gasteiger partial charge in [0.2, 0.25) is 0 Å². The molecule has 1 atom stereocenters. The lowest BCUT2D eigenvalue weighted by Gasteiger charge is -2.30. The van der Waals surface area contributed by atoms with Crippen LogP contribution in [-0.2, 0) is 11.2 Å². The highest BCUT2D eigenvalue weighted by atomic mass is 19.1. The molecule has 0 amide bonds. The van der Waals surface area contributed by atoms with E-state index in [0.29, 0.717) is 24.3 Å². The first-order valence-electron chi connectivity index (χ1n) is 11.3. The van der Waals surface area contributed by atoms with Crippen LogP contribution in [0.5, 0.6) is 11.5 Å². The molecule has 3 rings (SSSR count). The van der Waals surface area contributed by atoms with E-state index in [4.69, 9.17) is 14.6 Å². The molecule has 0 radical (unpaired) electrons. The van der Waals surface area contributed by atoms with E-state index in [2.05, 4.69) is 26.8 Å². The fraction of sp³-hybridized carbons (Fsp3) is 0.393. The fourth-order valence-corrected chi connectivity index (χ4v) is 4.09. The molecule has 0 saturated heterocycles. The molecule has 2 aromatic rings. The molecule has 2 aromatic carbocycles. The maximum absolute atomic E-state index is 14.8. The Balaban J connectivity index is 1.80. The Kier molecular flexibility index (Phi) is 7.62. The van der Waals surface area contributed by atoms with Gasteiger partial charge in [-0.2, -0.15) is 0 Å². The molecule has 4 nitrogen and oxygen atoms in total. The maximum Gasteiger partial charge on any atom is 0.306 e. The third-order valence-electron chi connectivity index (χ3n) is 6.05. The zero-order chi connectivity index (χ0) is 24.2. The fourth-order valence-electron chi connectivity index (χ4n) is 4.09. The Morgan fingerprint density at radius 3 is 2.36 bits per heavy atom. The average Bonchev–Trinajstić information content (AvgIpc) is 2.78. The lowest BCUT2D eigenvalue weighted by molar-refractivity contribution is -0.141. The molecule has 0 heterocycles. The van der Waals surface area contributed by atoms with Gasteiger partial charge >= 0.3 is 5.97 Å². The van der Waals surface area contributed by atoms with Crippen LogP contribution in [0.25, 0.3) is 5.57 Å². The van der Waals surface area contributed by atoms with Crippen molar-refractivity contribution in [2.45, 2.75) is 47.0 Å². The predicted molar refractivity (Wildman–Crippen MR) is 129 cm³/mol. The summed E-state index contributed by atoms with van der Waals surface area (Å²) in [6.45, 7) is 8.58. The number of methoxy groups -OCH3 is 1. The van der Waals surface area contributed by atoms with Gasteiger partial charge in [0.25, 0.3) is 0 Å². The molecular formula is C28H33FO4. The average molecular weight is 453 g/mol. The molecule has 0 aliphatic heterocycles. The molecule has 1 N–H and O–H groups in total. The summed E-state index contributed by atoms with van der Waals surface area (Å²) in [5.74, 6) is -0.144. The molecule has 0 spiro atoms. The van der Waals surface area contributed by atoms with E-state index in [1.165, 1.54) is 11.6 Å². The smallest absolute Gasteiger partial charge is 0.306 e. The number of benzene rings is 2. The van der Waals surface area contributed by atoms with Gasteiger partial charge in [0.1, 0.15) is 23.9 Å². The molecule has 1 unspecified atom stereocenters. The molecule has 5 heteroatoms. The van der Waals surface area contributed by atoms with Crippen LogP contribution in [-0.4, -0.2) is 24.8 Å². The summed E-state index contributed by atoms with van der Waals surface area (Å²) in [4.78, 5) is 11.1. The van der Waals surface area contributed by atoms with Gasteiger partial charge in [0.05, 0.1) is 13.0 Å². The van der Waals surface area contributed by atoms with Crippen molar-refractivity contribution < 1.29 is 23.8 Å². The van der Waals surface area contributed by atoms with E-state index in [9.17, 15) is 9.18 Å². The number of allylic oxidation sites excluding steroid dienone is 3. The number of ether oxygens (including phenoxy) is 2. The van der Waals surface area contributed by atoms with Gasteiger partial charge in [0, 0.05) is 5.56 Å². The number of aliphatic carboxylic acids is 1. The van der Waals surface area contributed by atoms with Crippen LogP contribution in [0, 0.1) is 17.2 Å². The van der Waals surface area contributed by atoms with Crippen LogP contribution < -0.4 is 9.47 Å². The summed E-state index contributed by atoms with van der Waals surface area (Å²) >= 11 is 0. The molecule has 0 saturated carbocycles. The van der Waals surface area contributed by atoms with Crippen molar-refractivity contribution in [2.75, 3.05) is 13.7 Å². The maximum atomic E-state index is 14.8. The van der Waals surface area contributed by atoms with Crippen LogP contribution in [0.15, 0.2) is 59.7 Å². The molecule has 176 valence electrons. The zero-order valence-corrected chi connectivity index (χ0v) is 20.1. The van der Waals surface area contributed by atoms with E-state index in [-0.39, 0.29) is 11.2 Å². The summed E-state index contributed by atoms with van der Waals surface area (Å²) in [6.07, 6.45) is 4.24. The highest BCUT2D eigenvalue weighted by Gasteiger charge is 2.26. The van der Waals surface area contributed by atoms with Gasteiger partial charge in [-0.05, 0) is 71.7 Å². The molecule has 1 aliphatic carbocycles. The molecular weight excluding hydrogens is 419 g/mol. The SMILES string of the molecule is COc1ccc(F)c(C2=C(C(C)(C)C)CCC(COc3ccc(CC(C)C(=O)O)cc3)=C2)c1. The molecule has 1 aliphatic rings. The second kappa shape index (κ2) is 10.2. The Labute approximate surface area is 195 Å². The highest BCUT2D eigenvalue weighted by molar-refractivity contribution is 5.80. The van der Waals surface area contributed by atoms with Crippen molar-refractivity contribution in [3.8, 4) is 11.5 Å². The minimum absolute atomic E-state index is 0.0866. The number of carboxylic acid groups (broad SMARTS) is 1. The van der Waals surface area contributed by atoms with Crippen LogP contribution in [0.3, 0.4) is 0 Å². The summed E-state index contributed by atoms with van der Waals surface area (Å²) in [5, 5.41) is 9.08. The van der Waals surface area contributed by atoms with E-state index in [0.717, 1.165) is 35.3 Å². The van der Waals surface area contributed by atoms with Crippen LogP contribution in [0.2, 0.25) is 0 Å². The third-order valence-corrected chi connectivity index (χ3v) is 6.05. The monoisotopic (exact) mass is 452 g/mol. The van der Waals surface area contributed by atoms with Gasteiger partial charge in [0.15, 0.2) is 0 Å². The molecule has 0 aromatic heterocycles. The Morgan fingerprint density at radius 1 is 1.09 bits per heavy atom. The van der Waals surface area contributed by atoms with Gasteiger partial charge in [-0.1, -0.05) is 51.5 Å². The summed E-state index contributed by atoms with van der Waals surface area (Å²) in [7, 11) is 1.58. The van der Waals surface area contributed by atoms with Crippen LogP contribution in [0.1, 0.15) is 51.7 Å². The Morgan fingerprint density at radius 2 is 1.76 bits per heavy atom. The van der Waals surface area contributed by atoms with Crippen LogP contribution in [0.4, 0.5) is 4.39 Å². The summed E-state index contributed by atoms with van der Waals surface area (Å²) < 4.78 is 26.2. The first kappa shape index (κ1) is 24.6. The van der Waals surface area contributed by atoms with Crippen molar-refractivity contribution in [1.29, 1.82) is 0 Å². The van der Waals surface area contributed by atoms with Crippen molar-refractivity contribution in [3.63, 3.8) is 0 Å². The van der Waals surface area contributed by atoms with Gasteiger partial charge in [-0.3, -0.25) is 4.79 Å². The topological polar surface area (TPSA) is 55.8 Å². The van der Waals surface area contributed by atoms with E-state index in [1.807, 2.05) is 24.3 Å². The lowest BCUT2D eigenvalue weighted by Crippen LogP contribution is -2.16. The lowest BCUT2D eigenvalue weighted by atomic mass is 9.75. The number of carboxylic acids is 1. The number of hydrogen-bond acceptors (Lipinski definition) is 3. The second-order valence-corrected chi connectivity index (χ2v) is 9.67.